The van der Waals surface area contributed by atoms with Crippen LogP contribution in [0.1, 0.15) is 5.56 Å². The predicted molar refractivity (Wildman–Crippen MR) is 126 cm³/mol. The van der Waals surface area contributed by atoms with Gasteiger partial charge < -0.3 is 10.2 Å². The molecule has 0 saturated carbocycles. The summed E-state index contributed by atoms with van der Waals surface area (Å²) in [7, 11) is -3.68. The first kappa shape index (κ1) is 21.9. The van der Waals surface area contributed by atoms with Crippen LogP contribution in [0, 0.1) is 6.92 Å². The maximum atomic E-state index is 13.0. The summed E-state index contributed by atoms with van der Waals surface area (Å²) < 4.78 is 29.7. The first-order chi connectivity index (χ1) is 13.5. The van der Waals surface area contributed by atoms with Crippen molar-refractivity contribution >= 4 is 60.5 Å². The molecule has 0 radical (unpaired) electrons. The molecule has 0 unspecified atom stereocenters. The van der Waals surface area contributed by atoms with E-state index in [1.54, 1.807) is 25.1 Å². The fourth-order valence-corrected chi connectivity index (χ4v) is 5.45. The lowest BCUT2D eigenvalue weighted by atomic mass is 10.1. The van der Waals surface area contributed by atoms with Gasteiger partial charge >= 0.3 is 0 Å². The van der Waals surface area contributed by atoms with Gasteiger partial charge in [0.2, 0.25) is 0 Å². The second-order valence-corrected chi connectivity index (χ2v) is 9.50. The van der Waals surface area contributed by atoms with E-state index in [9.17, 15) is 8.42 Å². The van der Waals surface area contributed by atoms with Gasteiger partial charge in [-0.2, -0.15) is 0 Å². The van der Waals surface area contributed by atoms with Gasteiger partial charge in [0.15, 0.2) is 0 Å². The summed E-state index contributed by atoms with van der Waals surface area (Å²) in [5, 5.41) is 5.32. The number of sulfonamides is 1. The monoisotopic (exact) mass is 495 g/mol. The molecule has 1 fully saturated rings. The zero-order chi connectivity index (χ0) is 19.7. The van der Waals surface area contributed by atoms with E-state index in [-0.39, 0.29) is 17.3 Å². The summed E-state index contributed by atoms with van der Waals surface area (Å²) in [5.41, 5.74) is 2.43. The van der Waals surface area contributed by atoms with Crippen LogP contribution in [0.5, 0.6) is 0 Å². The van der Waals surface area contributed by atoms with Crippen LogP contribution in [-0.4, -0.2) is 34.6 Å². The van der Waals surface area contributed by atoms with Gasteiger partial charge in [0.25, 0.3) is 10.0 Å². The molecule has 29 heavy (non-hydrogen) atoms. The van der Waals surface area contributed by atoms with Crippen LogP contribution in [0.25, 0.3) is 10.8 Å². The zero-order valence-corrected chi connectivity index (χ0v) is 19.2. The molecule has 1 saturated heterocycles. The Morgan fingerprint density at radius 2 is 1.69 bits per heavy atom. The fourth-order valence-electron chi connectivity index (χ4n) is 3.67. The van der Waals surface area contributed by atoms with Gasteiger partial charge in [-0.3, -0.25) is 4.72 Å². The summed E-state index contributed by atoms with van der Waals surface area (Å²) in [4.78, 5) is 2.63. The summed E-state index contributed by atoms with van der Waals surface area (Å²) in [6.45, 7) is 5.57. The molecule has 0 bridgehead atoms. The van der Waals surface area contributed by atoms with E-state index in [1.807, 2.05) is 30.3 Å². The molecule has 0 spiro atoms. The van der Waals surface area contributed by atoms with E-state index in [4.69, 9.17) is 0 Å². The van der Waals surface area contributed by atoms with Crippen LogP contribution in [-0.2, 0) is 10.0 Å². The molecule has 5 nitrogen and oxygen atoms in total. The number of halogens is 2. The van der Waals surface area contributed by atoms with Crippen molar-refractivity contribution in [2.45, 2.75) is 11.8 Å². The fraction of sp³-hybridized carbons (Fsp3) is 0.238. The molecule has 0 amide bonds. The van der Waals surface area contributed by atoms with Crippen molar-refractivity contribution in [2.75, 3.05) is 35.8 Å². The van der Waals surface area contributed by atoms with E-state index in [0.29, 0.717) is 11.3 Å². The van der Waals surface area contributed by atoms with Gasteiger partial charge in [0, 0.05) is 47.1 Å². The molecule has 3 aromatic carbocycles. The van der Waals surface area contributed by atoms with Crippen molar-refractivity contribution in [3.63, 3.8) is 0 Å². The molecule has 2 N–H and O–H groups in total. The van der Waals surface area contributed by atoms with Crippen molar-refractivity contribution < 1.29 is 8.42 Å². The first-order valence-corrected chi connectivity index (χ1v) is 11.5. The molecule has 1 aliphatic heterocycles. The molecular weight excluding hydrogens is 474 g/mol. The maximum Gasteiger partial charge on any atom is 0.262 e. The highest BCUT2D eigenvalue weighted by Crippen LogP contribution is 2.34. The highest BCUT2D eigenvalue weighted by Gasteiger charge is 2.20. The van der Waals surface area contributed by atoms with Crippen molar-refractivity contribution in [1.29, 1.82) is 0 Å². The summed E-state index contributed by atoms with van der Waals surface area (Å²) in [5.74, 6) is 0. The van der Waals surface area contributed by atoms with Crippen molar-refractivity contribution in [2.24, 2.45) is 0 Å². The van der Waals surface area contributed by atoms with E-state index in [2.05, 4.69) is 36.9 Å². The van der Waals surface area contributed by atoms with Gasteiger partial charge in [-0.15, -0.1) is 12.4 Å². The van der Waals surface area contributed by atoms with Gasteiger partial charge in [0.1, 0.15) is 0 Å². The smallest absolute Gasteiger partial charge is 0.262 e. The second-order valence-electron chi connectivity index (χ2n) is 6.93. The zero-order valence-electron chi connectivity index (χ0n) is 16.0. The standard InChI is InChI=1S/C21H22BrN3O2S.ClH/c1-15-14-16(22)6-9-21(15)28(26,27)24-19-7-8-20(25-12-10-23-11-13-25)18-5-3-2-4-17(18)19;/h2-9,14,23-24H,10-13H2,1H3;1H. The Bertz CT molecular complexity index is 1130. The van der Waals surface area contributed by atoms with E-state index in [0.717, 1.165) is 47.1 Å². The van der Waals surface area contributed by atoms with Gasteiger partial charge in [-0.25, -0.2) is 8.42 Å². The van der Waals surface area contributed by atoms with Crippen molar-refractivity contribution in [3.8, 4) is 0 Å². The molecule has 4 rings (SSSR count). The van der Waals surface area contributed by atoms with Crippen molar-refractivity contribution in [1.82, 2.24) is 5.32 Å². The Hall–Kier alpha value is -1.80. The number of piperazine rings is 1. The minimum absolute atomic E-state index is 0. The number of anilines is 2. The van der Waals surface area contributed by atoms with E-state index < -0.39 is 10.0 Å². The number of fused-ring (bicyclic) bond motifs is 1. The van der Waals surface area contributed by atoms with E-state index in [1.165, 1.54) is 0 Å². The lowest BCUT2D eigenvalue weighted by Crippen LogP contribution is -2.43. The normalized spacial score (nSPS) is 14.5. The van der Waals surface area contributed by atoms with Crippen LogP contribution < -0.4 is 14.9 Å². The Kier molecular flexibility index (Phi) is 6.73. The molecule has 0 aliphatic carbocycles. The molecule has 3 aromatic rings. The highest BCUT2D eigenvalue weighted by molar-refractivity contribution is 9.10. The molecule has 154 valence electrons. The largest absolute Gasteiger partial charge is 0.368 e. The minimum atomic E-state index is -3.68. The number of aryl methyl sites for hydroxylation is 1. The van der Waals surface area contributed by atoms with Crippen LogP contribution in [0.15, 0.2) is 64.0 Å². The number of hydrogen-bond donors (Lipinski definition) is 2. The molecule has 1 heterocycles. The van der Waals surface area contributed by atoms with Crippen LogP contribution in [0.2, 0.25) is 0 Å². The SMILES string of the molecule is Cc1cc(Br)ccc1S(=O)(=O)Nc1ccc(N2CCNCC2)c2ccccc12.Cl. The topological polar surface area (TPSA) is 61.4 Å². The van der Waals surface area contributed by atoms with Crippen LogP contribution >= 0.6 is 28.3 Å². The third-order valence-electron chi connectivity index (χ3n) is 5.03. The first-order valence-electron chi connectivity index (χ1n) is 9.22. The third kappa shape index (κ3) is 4.53. The predicted octanol–water partition coefficient (Wildman–Crippen LogP) is 4.54. The van der Waals surface area contributed by atoms with Crippen molar-refractivity contribution in [3.05, 3.63) is 64.6 Å². The second kappa shape index (κ2) is 8.92. The molecular formula is C21H23BrClN3O2S. The molecule has 0 atom stereocenters. The number of nitrogens with zero attached hydrogens (tertiary/aromatic N) is 1. The number of rotatable bonds is 4. The Morgan fingerprint density at radius 1 is 1.00 bits per heavy atom. The van der Waals surface area contributed by atoms with E-state index >= 15 is 0 Å². The summed E-state index contributed by atoms with van der Waals surface area (Å²) in [6, 6.07) is 17.0. The summed E-state index contributed by atoms with van der Waals surface area (Å²) in [6.07, 6.45) is 0. The Morgan fingerprint density at radius 3 is 2.38 bits per heavy atom. The average Bonchev–Trinajstić information content (AvgIpc) is 2.68. The number of benzene rings is 3. The number of hydrogen-bond acceptors (Lipinski definition) is 4. The average molecular weight is 497 g/mol. The Labute approximate surface area is 186 Å². The third-order valence-corrected chi connectivity index (χ3v) is 7.05. The maximum absolute atomic E-state index is 13.0. The summed E-state index contributed by atoms with van der Waals surface area (Å²) >= 11 is 3.38. The minimum Gasteiger partial charge on any atom is -0.368 e. The highest BCUT2D eigenvalue weighted by atomic mass is 79.9. The van der Waals surface area contributed by atoms with Gasteiger partial charge in [0.05, 0.1) is 10.6 Å². The molecule has 1 aliphatic rings. The molecule has 0 aromatic heterocycles. The lowest BCUT2D eigenvalue weighted by molar-refractivity contribution is 0.590. The number of nitrogens with one attached hydrogen (secondary N) is 2. The van der Waals surface area contributed by atoms with Crippen LogP contribution in [0.4, 0.5) is 11.4 Å². The lowest BCUT2D eigenvalue weighted by Gasteiger charge is -2.30. The van der Waals surface area contributed by atoms with Crippen LogP contribution in [0.3, 0.4) is 0 Å². The van der Waals surface area contributed by atoms with Gasteiger partial charge in [-0.05, 0) is 42.8 Å². The Balaban J connectivity index is 0.00000240. The quantitative estimate of drug-likeness (QED) is 0.557. The van der Waals surface area contributed by atoms with Gasteiger partial charge in [-0.1, -0.05) is 40.2 Å². The molecule has 8 heteroatoms.